The molecule has 1 aromatic carbocycles. The average Bonchev–Trinajstić information content (AvgIpc) is 2.38. The molecule has 6 heteroatoms. The van der Waals surface area contributed by atoms with E-state index in [9.17, 15) is 4.79 Å². The van der Waals surface area contributed by atoms with E-state index in [0.717, 1.165) is 0 Å². The Kier molecular flexibility index (Phi) is 4.78. The molecule has 0 radical (unpaired) electrons. The first-order chi connectivity index (χ1) is 8.21. The molecule has 0 saturated carbocycles. The van der Waals surface area contributed by atoms with E-state index < -0.39 is 0 Å². The molecule has 1 amide bonds. The van der Waals surface area contributed by atoms with E-state index in [-0.39, 0.29) is 18.9 Å². The van der Waals surface area contributed by atoms with Crippen molar-refractivity contribution >= 4 is 5.91 Å². The van der Waals surface area contributed by atoms with Gasteiger partial charge in [-0.25, -0.2) is 5.84 Å². The molecule has 0 atom stereocenters. The number of benzene rings is 1. The predicted molar refractivity (Wildman–Crippen MR) is 60.2 cm³/mol. The van der Waals surface area contributed by atoms with Crippen LogP contribution in [0.5, 0.6) is 11.5 Å². The van der Waals surface area contributed by atoms with E-state index in [0.29, 0.717) is 17.1 Å². The van der Waals surface area contributed by atoms with Crippen LogP contribution < -0.4 is 20.7 Å². The molecule has 0 bridgehead atoms. The Morgan fingerprint density at radius 1 is 1.53 bits per heavy atom. The minimum Gasteiger partial charge on any atom is -0.493 e. The number of hydrogen-bond acceptors (Lipinski definition) is 5. The second kappa shape index (κ2) is 6.35. The monoisotopic (exact) mass is 235 g/mol. The van der Waals surface area contributed by atoms with Crippen LogP contribution in [0.1, 0.15) is 12.0 Å². The first-order valence-electron chi connectivity index (χ1n) is 4.91. The Morgan fingerprint density at radius 3 is 2.88 bits per heavy atom. The zero-order valence-electron chi connectivity index (χ0n) is 9.40. The first-order valence-corrected chi connectivity index (χ1v) is 4.91. The molecular weight excluding hydrogens is 222 g/mol. The van der Waals surface area contributed by atoms with Crippen molar-refractivity contribution in [2.45, 2.75) is 6.42 Å². The minimum atomic E-state index is -0.308. The third-order valence-corrected chi connectivity index (χ3v) is 2.04. The third-order valence-electron chi connectivity index (χ3n) is 2.04. The van der Waals surface area contributed by atoms with Crippen LogP contribution in [0.25, 0.3) is 0 Å². The van der Waals surface area contributed by atoms with E-state index in [2.05, 4.69) is 0 Å². The number of hydrogen-bond donors (Lipinski definition) is 2. The van der Waals surface area contributed by atoms with Crippen LogP contribution in [0.2, 0.25) is 0 Å². The number of carbonyl (C=O) groups excluding carboxylic acids is 1. The summed E-state index contributed by atoms with van der Waals surface area (Å²) in [5.74, 6) is 5.56. The molecular formula is C11H13N3O3. The number of nitrogens with one attached hydrogen (secondary N) is 1. The zero-order chi connectivity index (χ0) is 12.7. The van der Waals surface area contributed by atoms with Crippen LogP contribution in [0.3, 0.4) is 0 Å². The van der Waals surface area contributed by atoms with Gasteiger partial charge >= 0.3 is 0 Å². The molecule has 1 rings (SSSR count). The lowest BCUT2D eigenvalue weighted by atomic mass is 10.2. The van der Waals surface area contributed by atoms with Crippen LogP contribution in [-0.4, -0.2) is 19.6 Å². The topological polar surface area (TPSA) is 97.4 Å². The molecule has 1 aromatic rings. The number of nitriles is 1. The molecule has 0 aliphatic carbocycles. The first kappa shape index (κ1) is 12.8. The highest BCUT2D eigenvalue weighted by Gasteiger charge is 2.06. The fraction of sp³-hybridized carbons (Fsp3) is 0.273. The van der Waals surface area contributed by atoms with Crippen molar-refractivity contribution in [1.82, 2.24) is 5.43 Å². The van der Waals surface area contributed by atoms with Crippen LogP contribution in [-0.2, 0) is 4.79 Å². The van der Waals surface area contributed by atoms with E-state index in [1.54, 1.807) is 18.2 Å². The summed E-state index contributed by atoms with van der Waals surface area (Å²) in [4.78, 5) is 10.9. The second-order valence-electron chi connectivity index (χ2n) is 3.14. The van der Waals surface area contributed by atoms with Crippen LogP contribution >= 0.6 is 0 Å². The van der Waals surface area contributed by atoms with Crippen molar-refractivity contribution < 1.29 is 14.3 Å². The smallest absolute Gasteiger partial charge is 0.237 e. The molecule has 0 saturated heterocycles. The maximum Gasteiger partial charge on any atom is 0.237 e. The Balaban J connectivity index is 2.65. The quantitative estimate of drug-likeness (QED) is 0.435. The highest BCUT2D eigenvalue weighted by atomic mass is 16.5. The van der Waals surface area contributed by atoms with Gasteiger partial charge < -0.3 is 9.47 Å². The fourth-order valence-corrected chi connectivity index (χ4v) is 1.18. The molecule has 0 unspecified atom stereocenters. The molecule has 0 aromatic heterocycles. The largest absolute Gasteiger partial charge is 0.493 e. The normalized spacial score (nSPS) is 9.24. The highest BCUT2D eigenvalue weighted by Crippen LogP contribution is 2.27. The Bertz CT molecular complexity index is 440. The van der Waals surface area contributed by atoms with E-state index in [1.807, 2.05) is 11.5 Å². The van der Waals surface area contributed by atoms with Crippen molar-refractivity contribution in [3.63, 3.8) is 0 Å². The average molecular weight is 235 g/mol. The van der Waals surface area contributed by atoms with E-state index >= 15 is 0 Å². The van der Waals surface area contributed by atoms with Crippen molar-refractivity contribution in [2.24, 2.45) is 5.84 Å². The summed E-state index contributed by atoms with van der Waals surface area (Å²) in [6, 6.07) is 6.80. The van der Waals surface area contributed by atoms with Gasteiger partial charge in [-0.15, -0.1) is 0 Å². The number of nitrogens with zero attached hydrogens (tertiary/aromatic N) is 1. The van der Waals surface area contributed by atoms with E-state index in [4.69, 9.17) is 20.6 Å². The Hall–Kier alpha value is -2.26. The molecule has 6 nitrogen and oxygen atoms in total. The maximum absolute atomic E-state index is 10.9. The van der Waals surface area contributed by atoms with Gasteiger partial charge in [0.2, 0.25) is 5.91 Å². The van der Waals surface area contributed by atoms with Crippen molar-refractivity contribution in [3.8, 4) is 17.6 Å². The third kappa shape index (κ3) is 3.66. The van der Waals surface area contributed by atoms with Gasteiger partial charge in [0.05, 0.1) is 31.8 Å². The van der Waals surface area contributed by atoms with Crippen molar-refractivity contribution in [2.75, 3.05) is 13.7 Å². The molecule has 0 aliphatic heterocycles. The summed E-state index contributed by atoms with van der Waals surface area (Å²) in [5, 5.41) is 8.72. The van der Waals surface area contributed by atoms with Gasteiger partial charge in [-0.1, -0.05) is 0 Å². The number of carbonyl (C=O) groups is 1. The lowest BCUT2D eigenvalue weighted by Gasteiger charge is -2.10. The summed E-state index contributed by atoms with van der Waals surface area (Å²) >= 11 is 0. The van der Waals surface area contributed by atoms with Gasteiger partial charge in [-0.05, 0) is 12.1 Å². The maximum atomic E-state index is 10.9. The minimum absolute atomic E-state index is 0.152. The van der Waals surface area contributed by atoms with Gasteiger partial charge in [0.15, 0.2) is 11.5 Å². The summed E-state index contributed by atoms with van der Waals surface area (Å²) in [7, 11) is 1.48. The number of nitrogens with two attached hydrogens (primary N) is 1. The number of amides is 1. The lowest BCUT2D eigenvalue weighted by Crippen LogP contribution is -2.31. The fourth-order valence-electron chi connectivity index (χ4n) is 1.18. The van der Waals surface area contributed by atoms with Gasteiger partial charge in [0, 0.05) is 6.07 Å². The van der Waals surface area contributed by atoms with Gasteiger partial charge in [-0.3, -0.25) is 10.2 Å². The molecule has 0 fully saturated rings. The standard InChI is InChI=1S/C11H13N3O3/c1-16-10-6-8(7-12)2-3-9(10)17-5-4-11(15)14-13/h2-3,6H,4-5,13H2,1H3,(H,14,15). The number of methoxy groups -OCH3 is 1. The van der Waals surface area contributed by atoms with Gasteiger partial charge in [-0.2, -0.15) is 5.26 Å². The van der Waals surface area contributed by atoms with Crippen molar-refractivity contribution in [3.05, 3.63) is 23.8 Å². The Labute approximate surface area is 98.9 Å². The SMILES string of the molecule is COc1cc(C#N)ccc1OCCC(=O)NN. The molecule has 0 spiro atoms. The number of rotatable bonds is 5. The van der Waals surface area contributed by atoms with Gasteiger partial charge in [0.25, 0.3) is 0 Å². The number of hydrazine groups is 1. The second-order valence-corrected chi connectivity index (χ2v) is 3.14. The van der Waals surface area contributed by atoms with Crippen molar-refractivity contribution in [1.29, 1.82) is 5.26 Å². The predicted octanol–water partition coefficient (Wildman–Crippen LogP) is 0.326. The lowest BCUT2D eigenvalue weighted by molar-refractivity contribution is -0.121. The van der Waals surface area contributed by atoms with E-state index in [1.165, 1.54) is 7.11 Å². The number of ether oxygens (including phenoxy) is 2. The highest BCUT2D eigenvalue weighted by molar-refractivity contribution is 5.75. The molecule has 90 valence electrons. The van der Waals surface area contributed by atoms with Crippen LogP contribution in [0.15, 0.2) is 18.2 Å². The summed E-state index contributed by atoms with van der Waals surface area (Å²) < 4.78 is 10.4. The molecule has 0 heterocycles. The summed E-state index contributed by atoms with van der Waals surface area (Å²) in [6.07, 6.45) is 0.152. The van der Waals surface area contributed by atoms with Crippen LogP contribution in [0.4, 0.5) is 0 Å². The summed E-state index contributed by atoms with van der Waals surface area (Å²) in [6.45, 7) is 0.186. The van der Waals surface area contributed by atoms with Crippen LogP contribution in [0, 0.1) is 11.3 Å². The molecule has 3 N–H and O–H groups in total. The zero-order valence-corrected chi connectivity index (χ0v) is 9.40. The van der Waals surface area contributed by atoms with Gasteiger partial charge in [0.1, 0.15) is 0 Å². The molecule has 0 aliphatic rings. The summed E-state index contributed by atoms with van der Waals surface area (Å²) in [5.41, 5.74) is 2.49. The molecule has 17 heavy (non-hydrogen) atoms. The Morgan fingerprint density at radius 2 is 2.29 bits per heavy atom.